The fraction of sp³-hybridized carbons (Fsp3) is 0.500. The number of amides is 1. The van der Waals surface area contributed by atoms with E-state index in [4.69, 9.17) is 17.2 Å². The third-order valence-corrected chi connectivity index (χ3v) is 6.42. The van der Waals surface area contributed by atoms with E-state index in [2.05, 4.69) is 20.5 Å². The molecule has 3 aromatic heterocycles. The summed E-state index contributed by atoms with van der Waals surface area (Å²) >= 11 is 6.65. The molecule has 0 unspecified atom stereocenters. The SMILES string of the molecule is CCn1c(CCNC(=O)c2sc3nc(C4CC4)nc(C)c3c2C)n[nH]c1=S. The number of carbonyl (C=O) groups is 1. The van der Waals surface area contributed by atoms with Crippen LogP contribution in [-0.4, -0.2) is 37.2 Å². The lowest BCUT2D eigenvalue weighted by Gasteiger charge is -2.05. The molecule has 0 aromatic carbocycles. The summed E-state index contributed by atoms with van der Waals surface area (Å²) in [6, 6.07) is 0. The van der Waals surface area contributed by atoms with Gasteiger partial charge in [-0.25, -0.2) is 9.97 Å². The van der Waals surface area contributed by atoms with Gasteiger partial charge in [0.05, 0.1) is 10.6 Å². The number of aromatic nitrogens is 5. The van der Waals surface area contributed by atoms with Crippen molar-refractivity contribution in [3.8, 4) is 0 Å². The fourth-order valence-electron chi connectivity index (χ4n) is 3.34. The molecule has 3 aromatic rings. The van der Waals surface area contributed by atoms with Crippen molar-refractivity contribution in [3.63, 3.8) is 0 Å². The summed E-state index contributed by atoms with van der Waals surface area (Å²) in [5.41, 5.74) is 1.93. The van der Waals surface area contributed by atoms with Crippen molar-refractivity contribution in [2.75, 3.05) is 6.54 Å². The molecule has 1 aliphatic carbocycles. The second-order valence-electron chi connectivity index (χ2n) is 6.87. The highest BCUT2D eigenvalue weighted by atomic mass is 32.1. The summed E-state index contributed by atoms with van der Waals surface area (Å²) in [6.45, 7) is 7.26. The van der Waals surface area contributed by atoms with Gasteiger partial charge in [-0.05, 0) is 51.4 Å². The number of nitrogens with one attached hydrogen (secondary N) is 2. The van der Waals surface area contributed by atoms with Crippen LogP contribution in [0.2, 0.25) is 0 Å². The summed E-state index contributed by atoms with van der Waals surface area (Å²) < 4.78 is 2.55. The molecule has 0 atom stereocenters. The van der Waals surface area contributed by atoms with Crippen molar-refractivity contribution in [2.24, 2.45) is 0 Å². The van der Waals surface area contributed by atoms with Crippen LogP contribution in [-0.2, 0) is 13.0 Å². The quantitative estimate of drug-likeness (QED) is 0.617. The van der Waals surface area contributed by atoms with E-state index in [-0.39, 0.29) is 5.91 Å². The van der Waals surface area contributed by atoms with Crippen LogP contribution in [0.3, 0.4) is 0 Å². The molecule has 3 heterocycles. The molecule has 2 N–H and O–H groups in total. The van der Waals surface area contributed by atoms with Crippen LogP contribution in [0.4, 0.5) is 0 Å². The van der Waals surface area contributed by atoms with E-state index < -0.39 is 0 Å². The Morgan fingerprint density at radius 3 is 2.85 bits per heavy atom. The van der Waals surface area contributed by atoms with Crippen LogP contribution in [0, 0.1) is 18.6 Å². The molecule has 1 fully saturated rings. The molecule has 1 aliphatic rings. The van der Waals surface area contributed by atoms with Crippen LogP contribution in [0.15, 0.2) is 0 Å². The first-order valence-corrected chi connectivity index (χ1v) is 10.4. The van der Waals surface area contributed by atoms with E-state index in [1.54, 1.807) is 0 Å². The van der Waals surface area contributed by atoms with Crippen molar-refractivity contribution in [1.29, 1.82) is 0 Å². The van der Waals surface area contributed by atoms with E-state index in [0.717, 1.165) is 39.7 Å². The van der Waals surface area contributed by atoms with Crippen molar-refractivity contribution in [2.45, 2.75) is 52.5 Å². The molecule has 1 saturated carbocycles. The lowest BCUT2D eigenvalue weighted by molar-refractivity contribution is 0.0957. The highest BCUT2D eigenvalue weighted by molar-refractivity contribution is 7.71. The molecule has 0 aliphatic heterocycles. The van der Waals surface area contributed by atoms with Gasteiger partial charge in [0, 0.05) is 30.8 Å². The highest BCUT2D eigenvalue weighted by Gasteiger charge is 2.28. The standard InChI is InChI=1S/C18H22N6OS2/c1-4-24-12(22-23-18(24)26)7-8-19-16(25)14-9(2)13-10(3)20-15(11-5-6-11)21-17(13)27-14/h11H,4-8H2,1-3H3,(H,19,25)(H,23,26). The number of carbonyl (C=O) groups excluding carboxylic acids is 1. The van der Waals surface area contributed by atoms with Gasteiger partial charge in [0.15, 0.2) is 4.77 Å². The number of hydrogen-bond acceptors (Lipinski definition) is 6. The van der Waals surface area contributed by atoms with E-state index in [1.165, 1.54) is 24.2 Å². The van der Waals surface area contributed by atoms with Crippen LogP contribution in [0.5, 0.6) is 0 Å². The van der Waals surface area contributed by atoms with Gasteiger partial charge in [0.2, 0.25) is 0 Å². The maximum Gasteiger partial charge on any atom is 0.261 e. The Labute approximate surface area is 166 Å². The maximum atomic E-state index is 12.7. The minimum absolute atomic E-state index is 0.0694. The topological polar surface area (TPSA) is 88.5 Å². The van der Waals surface area contributed by atoms with E-state index >= 15 is 0 Å². The summed E-state index contributed by atoms with van der Waals surface area (Å²) in [5, 5.41) is 11.0. The average molecular weight is 403 g/mol. The molecule has 0 bridgehead atoms. The molecule has 142 valence electrons. The number of hydrogen-bond donors (Lipinski definition) is 2. The smallest absolute Gasteiger partial charge is 0.261 e. The average Bonchev–Trinajstić information content (AvgIpc) is 3.35. The first-order valence-electron chi connectivity index (χ1n) is 9.19. The Kier molecular flexibility index (Phi) is 4.81. The zero-order valence-corrected chi connectivity index (χ0v) is 17.3. The predicted molar refractivity (Wildman–Crippen MR) is 108 cm³/mol. The van der Waals surface area contributed by atoms with Crippen molar-refractivity contribution in [1.82, 2.24) is 30.0 Å². The van der Waals surface area contributed by atoms with Crippen LogP contribution >= 0.6 is 23.6 Å². The fourth-order valence-corrected chi connectivity index (χ4v) is 4.77. The molecule has 27 heavy (non-hydrogen) atoms. The minimum Gasteiger partial charge on any atom is -0.351 e. The second kappa shape index (κ2) is 7.12. The van der Waals surface area contributed by atoms with Gasteiger partial charge in [-0.1, -0.05) is 0 Å². The Morgan fingerprint density at radius 2 is 2.15 bits per heavy atom. The van der Waals surface area contributed by atoms with Gasteiger partial charge in [-0.2, -0.15) is 5.10 Å². The molecule has 9 heteroatoms. The zero-order valence-electron chi connectivity index (χ0n) is 15.6. The third kappa shape index (κ3) is 3.41. The van der Waals surface area contributed by atoms with Crippen molar-refractivity contribution >= 4 is 39.7 Å². The van der Waals surface area contributed by atoms with Gasteiger partial charge in [-0.15, -0.1) is 11.3 Å². The Bertz CT molecular complexity index is 1080. The third-order valence-electron chi connectivity index (χ3n) is 4.92. The molecule has 0 saturated heterocycles. The molecule has 0 spiro atoms. The summed E-state index contributed by atoms with van der Waals surface area (Å²) in [7, 11) is 0. The first kappa shape index (κ1) is 18.2. The van der Waals surface area contributed by atoms with Crippen molar-refractivity contribution < 1.29 is 4.79 Å². The van der Waals surface area contributed by atoms with Gasteiger partial charge in [-0.3, -0.25) is 9.89 Å². The number of thiophene rings is 1. The minimum atomic E-state index is -0.0694. The monoisotopic (exact) mass is 402 g/mol. The van der Waals surface area contributed by atoms with E-state index in [9.17, 15) is 4.79 Å². The highest BCUT2D eigenvalue weighted by Crippen LogP contribution is 2.40. The molecule has 7 nitrogen and oxygen atoms in total. The number of aromatic amines is 1. The van der Waals surface area contributed by atoms with Gasteiger partial charge >= 0.3 is 0 Å². The molecule has 1 amide bonds. The number of nitrogens with zero attached hydrogens (tertiary/aromatic N) is 4. The number of rotatable bonds is 6. The Hall–Kier alpha value is -2.13. The molecule has 0 radical (unpaired) electrons. The zero-order chi connectivity index (χ0) is 19.1. The lowest BCUT2D eigenvalue weighted by Crippen LogP contribution is -2.26. The summed E-state index contributed by atoms with van der Waals surface area (Å²) in [6.07, 6.45) is 2.96. The first-order chi connectivity index (χ1) is 13.0. The van der Waals surface area contributed by atoms with E-state index in [0.29, 0.717) is 28.5 Å². The van der Waals surface area contributed by atoms with Crippen LogP contribution in [0.25, 0.3) is 10.2 Å². The second-order valence-corrected chi connectivity index (χ2v) is 8.26. The normalized spacial score (nSPS) is 14.0. The Morgan fingerprint density at radius 1 is 1.37 bits per heavy atom. The predicted octanol–water partition coefficient (Wildman–Crippen LogP) is 3.43. The van der Waals surface area contributed by atoms with Crippen LogP contribution < -0.4 is 5.32 Å². The number of aryl methyl sites for hydroxylation is 2. The molecule has 4 rings (SSSR count). The summed E-state index contributed by atoms with van der Waals surface area (Å²) in [4.78, 5) is 23.7. The largest absolute Gasteiger partial charge is 0.351 e. The Balaban J connectivity index is 1.51. The number of H-pyrrole nitrogens is 1. The van der Waals surface area contributed by atoms with Gasteiger partial charge < -0.3 is 9.88 Å². The van der Waals surface area contributed by atoms with Crippen LogP contribution in [0.1, 0.15) is 58.3 Å². The maximum absolute atomic E-state index is 12.7. The lowest BCUT2D eigenvalue weighted by atomic mass is 10.1. The summed E-state index contributed by atoms with van der Waals surface area (Å²) in [5.74, 6) is 2.21. The van der Waals surface area contributed by atoms with E-state index in [1.807, 2.05) is 25.3 Å². The molecular formula is C18H22N6OS2. The van der Waals surface area contributed by atoms with Crippen molar-refractivity contribution in [3.05, 3.63) is 32.6 Å². The number of fused-ring (bicyclic) bond motifs is 1. The van der Waals surface area contributed by atoms with Gasteiger partial charge in [0.1, 0.15) is 16.5 Å². The molecular weight excluding hydrogens is 380 g/mol. The van der Waals surface area contributed by atoms with Gasteiger partial charge in [0.25, 0.3) is 5.91 Å².